The fourth-order valence-corrected chi connectivity index (χ4v) is 5.54. The highest BCUT2D eigenvalue weighted by atomic mass is 16.5. The molecule has 2 amide bonds. The van der Waals surface area contributed by atoms with Crippen molar-refractivity contribution in [3.05, 3.63) is 59.3 Å². The largest absolute Gasteiger partial charge is 0.493 e. The number of amides is 2. The molecule has 2 aromatic carbocycles. The summed E-state index contributed by atoms with van der Waals surface area (Å²) in [5.74, 6) is 0.985. The van der Waals surface area contributed by atoms with E-state index in [0.29, 0.717) is 31.7 Å². The Morgan fingerprint density at radius 2 is 1.71 bits per heavy atom. The Labute approximate surface area is 198 Å². The molecule has 6 rings (SSSR count). The van der Waals surface area contributed by atoms with Gasteiger partial charge in [0.1, 0.15) is 17.4 Å². The highest BCUT2D eigenvalue weighted by molar-refractivity contribution is 6.50. The first-order chi connectivity index (χ1) is 16.5. The minimum atomic E-state index is -0.663. The van der Waals surface area contributed by atoms with E-state index in [9.17, 15) is 14.7 Å². The summed E-state index contributed by atoms with van der Waals surface area (Å²) in [5, 5.41) is 10.5. The molecule has 4 aliphatic rings. The molecule has 1 N–H and O–H groups in total. The Morgan fingerprint density at radius 3 is 2.44 bits per heavy atom. The number of nitrogens with zero attached hydrogens (tertiary/aromatic N) is 3. The maximum absolute atomic E-state index is 13.7. The Kier molecular flexibility index (Phi) is 5.03. The molecule has 4 aliphatic heterocycles. The summed E-state index contributed by atoms with van der Waals surface area (Å²) in [6, 6.07) is 13.7. The smallest absolute Gasteiger partial charge is 0.324 e. The molecule has 0 spiro atoms. The van der Waals surface area contributed by atoms with Gasteiger partial charge in [-0.15, -0.1) is 4.58 Å². The second kappa shape index (κ2) is 8.09. The predicted octanol–water partition coefficient (Wildman–Crippen LogP) is 3.31. The van der Waals surface area contributed by atoms with Crippen LogP contribution in [0.15, 0.2) is 53.7 Å². The molecule has 0 radical (unpaired) electrons. The van der Waals surface area contributed by atoms with Gasteiger partial charge in [0.25, 0.3) is 5.71 Å². The number of aliphatic hydroxyl groups is 1. The molecule has 0 aliphatic carbocycles. The van der Waals surface area contributed by atoms with E-state index in [1.165, 1.54) is 0 Å². The number of hydrogen-bond acceptors (Lipinski definition) is 4. The highest BCUT2D eigenvalue weighted by Gasteiger charge is 2.51. The van der Waals surface area contributed by atoms with Crippen molar-refractivity contribution in [2.45, 2.75) is 45.1 Å². The molecule has 7 heteroatoms. The first-order valence-electron chi connectivity index (χ1n) is 12.1. The topological polar surface area (TPSA) is 73.1 Å². The van der Waals surface area contributed by atoms with Gasteiger partial charge in [-0.2, -0.15) is 0 Å². The number of fused-ring (bicyclic) bond motifs is 2. The molecule has 2 aromatic rings. The summed E-state index contributed by atoms with van der Waals surface area (Å²) in [6.07, 6.45) is 3.44. The number of anilines is 2. The van der Waals surface area contributed by atoms with Gasteiger partial charge in [0.2, 0.25) is 17.3 Å². The van der Waals surface area contributed by atoms with Gasteiger partial charge in [-0.1, -0.05) is 0 Å². The zero-order valence-corrected chi connectivity index (χ0v) is 19.3. The summed E-state index contributed by atoms with van der Waals surface area (Å²) < 4.78 is 7.55. The molecular weight excluding hydrogens is 430 g/mol. The predicted molar refractivity (Wildman–Crippen MR) is 129 cm³/mol. The van der Waals surface area contributed by atoms with Crippen LogP contribution in [0.1, 0.15) is 38.2 Å². The van der Waals surface area contributed by atoms with Gasteiger partial charge in [-0.3, -0.25) is 9.59 Å². The second-order valence-corrected chi connectivity index (χ2v) is 9.34. The molecule has 1 unspecified atom stereocenters. The van der Waals surface area contributed by atoms with E-state index in [-0.39, 0.29) is 11.8 Å². The molecule has 1 atom stereocenters. The SMILES string of the molecule is CC(O)C1=C2CCN(c3ccc(N4CCCCC4=O)cc3)C(=O)C2=[N+]1c1ccc2c(c1)CCO2. The van der Waals surface area contributed by atoms with Crippen molar-refractivity contribution in [1.82, 2.24) is 0 Å². The van der Waals surface area contributed by atoms with Gasteiger partial charge in [-0.05, 0) is 50.1 Å². The standard InChI is InChI=1S/C27H28N3O4/c1-17(31)25-22-11-14-29(20-7-5-19(6-8-20)28-13-3-2-4-24(28)32)27(33)26(22)30(25)21-9-10-23-18(16-21)12-15-34-23/h5-10,16-17,31H,2-4,11-15H2,1H3/q+1. The maximum Gasteiger partial charge on any atom is 0.324 e. The molecule has 2 fully saturated rings. The monoisotopic (exact) mass is 458 g/mol. The molecular formula is C27H28N3O4+. The first kappa shape index (κ1) is 21.1. The normalized spacial score (nSPS) is 20.8. The van der Waals surface area contributed by atoms with Crippen LogP contribution >= 0.6 is 0 Å². The molecule has 0 bridgehead atoms. The van der Waals surface area contributed by atoms with Crippen LogP contribution in [0.3, 0.4) is 0 Å². The quantitative estimate of drug-likeness (QED) is 0.714. The van der Waals surface area contributed by atoms with Crippen molar-refractivity contribution in [3.8, 4) is 5.75 Å². The van der Waals surface area contributed by atoms with Crippen LogP contribution in [-0.4, -0.2) is 53.0 Å². The van der Waals surface area contributed by atoms with Crippen LogP contribution in [0.5, 0.6) is 5.75 Å². The number of piperidine rings is 2. The highest BCUT2D eigenvalue weighted by Crippen LogP contribution is 2.39. The van der Waals surface area contributed by atoms with E-state index in [4.69, 9.17) is 4.74 Å². The number of hydrogen-bond donors (Lipinski definition) is 1. The minimum Gasteiger partial charge on any atom is -0.493 e. The summed E-state index contributed by atoms with van der Waals surface area (Å²) >= 11 is 0. The van der Waals surface area contributed by atoms with Gasteiger partial charge in [0, 0.05) is 61.4 Å². The Balaban J connectivity index is 1.32. The summed E-state index contributed by atoms with van der Waals surface area (Å²) in [5.41, 5.74) is 6.10. The fraction of sp³-hybridized carbons (Fsp3) is 0.370. The van der Waals surface area contributed by atoms with Crippen molar-refractivity contribution in [3.63, 3.8) is 0 Å². The number of carbonyl (C=O) groups excluding carboxylic acids is 2. The Morgan fingerprint density at radius 1 is 0.941 bits per heavy atom. The summed E-state index contributed by atoms with van der Waals surface area (Å²) in [4.78, 5) is 29.5. The number of rotatable bonds is 4. The minimum absolute atomic E-state index is 0.0656. The van der Waals surface area contributed by atoms with Crippen LogP contribution < -0.4 is 14.5 Å². The third-order valence-corrected chi connectivity index (χ3v) is 7.22. The lowest BCUT2D eigenvalue weighted by Gasteiger charge is -2.34. The Hall–Kier alpha value is -3.45. The van der Waals surface area contributed by atoms with Crippen molar-refractivity contribution in [2.75, 3.05) is 29.5 Å². The van der Waals surface area contributed by atoms with Crippen LogP contribution in [0.4, 0.5) is 17.1 Å². The average Bonchev–Trinajstić information content (AvgIpc) is 3.28. The summed E-state index contributed by atoms with van der Waals surface area (Å²) in [7, 11) is 0. The van der Waals surface area contributed by atoms with E-state index in [1.54, 1.807) is 11.8 Å². The number of aliphatic hydroxyl groups excluding tert-OH is 1. The van der Waals surface area contributed by atoms with E-state index in [2.05, 4.69) is 6.07 Å². The maximum atomic E-state index is 13.7. The molecule has 4 heterocycles. The molecule has 2 saturated heterocycles. The van der Waals surface area contributed by atoms with Crippen LogP contribution in [-0.2, 0) is 16.0 Å². The molecule has 174 valence electrons. The van der Waals surface area contributed by atoms with Gasteiger partial charge in [0.15, 0.2) is 0 Å². The lowest BCUT2D eigenvalue weighted by atomic mass is 9.89. The average molecular weight is 459 g/mol. The third kappa shape index (κ3) is 3.26. The van der Waals surface area contributed by atoms with Gasteiger partial charge in [0.05, 0.1) is 6.61 Å². The van der Waals surface area contributed by atoms with E-state index >= 15 is 0 Å². The lowest BCUT2D eigenvalue weighted by Crippen LogP contribution is -2.52. The lowest BCUT2D eigenvalue weighted by molar-refractivity contribution is -0.410. The van der Waals surface area contributed by atoms with E-state index < -0.39 is 6.10 Å². The number of benzene rings is 2. The van der Waals surface area contributed by atoms with Crippen LogP contribution in [0.2, 0.25) is 0 Å². The Bertz CT molecular complexity index is 1260. The zero-order valence-electron chi connectivity index (χ0n) is 19.3. The van der Waals surface area contributed by atoms with Gasteiger partial charge in [-0.25, -0.2) is 0 Å². The van der Waals surface area contributed by atoms with Crippen molar-refractivity contribution in [2.24, 2.45) is 0 Å². The van der Waals surface area contributed by atoms with E-state index in [1.807, 2.05) is 45.9 Å². The van der Waals surface area contributed by atoms with Gasteiger partial charge >= 0.3 is 5.91 Å². The third-order valence-electron chi connectivity index (χ3n) is 7.22. The number of ether oxygens (including phenoxy) is 1. The molecule has 7 nitrogen and oxygen atoms in total. The molecule has 0 aromatic heterocycles. The first-order valence-corrected chi connectivity index (χ1v) is 12.1. The van der Waals surface area contributed by atoms with Crippen molar-refractivity contribution < 1.29 is 24.0 Å². The zero-order chi connectivity index (χ0) is 23.4. The van der Waals surface area contributed by atoms with Crippen molar-refractivity contribution in [1.29, 1.82) is 0 Å². The number of carbonyl (C=O) groups is 2. The van der Waals surface area contributed by atoms with Crippen LogP contribution in [0.25, 0.3) is 0 Å². The second-order valence-electron chi connectivity index (χ2n) is 9.34. The van der Waals surface area contributed by atoms with Crippen LogP contribution in [0, 0.1) is 0 Å². The summed E-state index contributed by atoms with van der Waals surface area (Å²) in [6.45, 7) is 3.73. The molecule has 34 heavy (non-hydrogen) atoms. The van der Waals surface area contributed by atoms with Crippen molar-refractivity contribution >= 4 is 34.6 Å². The molecule has 0 saturated carbocycles. The van der Waals surface area contributed by atoms with E-state index in [0.717, 1.165) is 65.5 Å². The van der Waals surface area contributed by atoms with Gasteiger partial charge < -0.3 is 19.6 Å². The fourth-order valence-electron chi connectivity index (χ4n) is 5.54.